The Balaban J connectivity index is 3.01. The second-order valence-corrected chi connectivity index (χ2v) is 3.74. The van der Waals surface area contributed by atoms with Gasteiger partial charge >= 0.3 is 0 Å². The van der Waals surface area contributed by atoms with Gasteiger partial charge in [-0.15, -0.1) is 0 Å². The zero-order valence-electron chi connectivity index (χ0n) is 8.95. The van der Waals surface area contributed by atoms with Crippen molar-refractivity contribution in [1.29, 1.82) is 0 Å². The molecule has 1 atom stereocenters. The molecule has 0 aliphatic heterocycles. The Morgan fingerprint density at radius 1 is 1.14 bits per heavy atom. The number of allylic oxidation sites excluding steroid dienone is 2. The zero-order valence-corrected chi connectivity index (χ0v) is 8.95. The molecule has 0 heterocycles. The van der Waals surface area contributed by atoms with E-state index in [1.54, 1.807) is 6.92 Å². The maximum Gasteiger partial charge on any atom is 0.141 e. The van der Waals surface area contributed by atoms with Gasteiger partial charge in [0.1, 0.15) is 5.78 Å². The molecule has 1 nitrogen and oxygen atoms in total. The van der Waals surface area contributed by atoms with Gasteiger partial charge in [0.15, 0.2) is 0 Å². The number of benzene rings is 1. The van der Waals surface area contributed by atoms with Crippen LogP contribution >= 0.6 is 0 Å². The van der Waals surface area contributed by atoms with E-state index in [-0.39, 0.29) is 11.7 Å². The largest absolute Gasteiger partial charge is 0.299 e. The smallest absolute Gasteiger partial charge is 0.141 e. The number of hydrogen-bond acceptors (Lipinski definition) is 1. The topological polar surface area (TPSA) is 17.1 Å². The van der Waals surface area contributed by atoms with Crippen LogP contribution in [0, 0.1) is 0 Å². The van der Waals surface area contributed by atoms with Crippen molar-refractivity contribution in [2.24, 2.45) is 0 Å². The lowest BCUT2D eigenvalue weighted by Gasteiger charge is -2.09. The van der Waals surface area contributed by atoms with E-state index in [4.69, 9.17) is 0 Å². The zero-order chi connectivity index (χ0) is 10.6. The molecule has 0 fully saturated rings. The van der Waals surface area contributed by atoms with Crippen LogP contribution in [0.5, 0.6) is 0 Å². The molecule has 1 heteroatoms. The predicted octanol–water partition coefficient (Wildman–Crippen LogP) is 3.33. The first-order valence-corrected chi connectivity index (χ1v) is 4.81. The molecule has 1 aromatic carbocycles. The maximum absolute atomic E-state index is 11.4. The monoisotopic (exact) mass is 188 g/mol. The fourth-order valence-corrected chi connectivity index (χ4v) is 1.44. The van der Waals surface area contributed by atoms with E-state index < -0.39 is 0 Å². The van der Waals surface area contributed by atoms with Gasteiger partial charge in [-0.1, -0.05) is 42.0 Å². The minimum Gasteiger partial charge on any atom is -0.299 e. The van der Waals surface area contributed by atoms with Crippen molar-refractivity contribution in [2.45, 2.75) is 26.7 Å². The minimum absolute atomic E-state index is 0.0822. The second-order valence-electron chi connectivity index (χ2n) is 3.74. The van der Waals surface area contributed by atoms with Crippen LogP contribution in [0.1, 0.15) is 32.3 Å². The van der Waals surface area contributed by atoms with Gasteiger partial charge in [-0.05, 0) is 26.3 Å². The third kappa shape index (κ3) is 2.84. The normalized spacial score (nSPS) is 11.9. The Morgan fingerprint density at radius 3 is 2.14 bits per heavy atom. The van der Waals surface area contributed by atoms with Crippen molar-refractivity contribution in [3.05, 3.63) is 47.5 Å². The summed E-state index contributed by atoms with van der Waals surface area (Å²) >= 11 is 0. The summed E-state index contributed by atoms with van der Waals surface area (Å²) in [5.41, 5.74) is 2.25. The van der Waals surface area contributed by atoms with Crippen LogP contribution in [0.15, 0.2) is 42.0 Å². The van der Waals surface area contributed by atoms with Gasteiger partial charge in [-0.25, -0.2) is 0 Å². The highest BCUT2D eigenvalue weighted by Crippen LogP contribution is 2.19. The number of carbonyl (C=O) groups excluding carboxylic acids is 1. The van der Waals surface area contributed by atoms with E-state index in [1.807, 2.05) is 50.3 Å². The lowest BCUT2D eigenvalue weighted by atomic mass is 9.94. The quantitative estimate of drug-likeness (QED) is 0.665. The van der Waals surface area contributed by atoms with E-state index in [0.717, 1.165) is 5.56 Å². The number of Topliss-reactive ketones (excluding diaryl/α,β-unsaturated/α-hetero) is 1. The van der Waals surface area contributed by atoms with Crippen LogP contribution in [0.25, 0.3) is 0 Å². The summed E-state index contributed by atoms with van der Waals surface area (Å²) in [7, 11) is 0. The Morgan fingerprint density at radius 2 is 1.71 bits per heavy atom. The first kappa shape index (κ1) is 10.7. The Bertz CT molecular complexity index is 332. The lowest BCUT2D eigenvalue weighted by Crippen LogP contribution is -2.06. The lowest BCUT2D eigenvalue weighted by molar-refractivity contribution is -0.117. The van der Waals surface area contributed by atoms with E-state index in [2.05, 4.69) is 0 Å². The molecule has 14 heavy (non-hydrogen) atoms. The van der Waals surface area contributed by atoms with Crippen molar-refractivity contribution in [3.8, 4) is 0 Å². The first-order chi connectivity index (χ1) is 6.61. The molecule has 0 aliphatic carbocycles. The first-order valence-electron chi connectivity index (χ1n) is 4.81. The van der Waals surface area contributed by atoms with Crippen molar-refractivity contribution < 1.29 is 4.79 Å². The summed E-state index contributed by atoms with van der Waals surface area (Å²) in [6, 6.07) is 9.87. The van der Waals surface area contributed by atoms with E-state index >= 15 is 0 Å². The number of carbonyl (C=O) groups is 1. The molecule has 0 aromatic heterocycles. The highest BCUT2D eigenvalue weighted by molar-refractivity contribution is 5.85. The average molecular weight is 188 g/mol. The molecular weight excluding hydrogens is 172 g/mol. The van der Waals surface area contributed by atoms with Crippen LogP contribution in [0.3, 0.4) is 0 Å². The van der Waals surface area contributed by atoms with E-state index in [0.29, 0.717) is 0 Å². The van der Waals surface area contributed by atoms with Crippen molar-refractivity contribution >= 4 is 5.78 Å². The van der Waals surface area contributed by atoms with Crippen LogP contribution in [-0.2, 0) is 4.79 Å². The van der Waals surface area contributed by atoms with Crippen LogP contribution in [0.4, 0.5) is 0 Å². The number of hydrogen-bond donors (Lipinski definition) is 0. The van der Waals surface area contributed by atoms with Gasteiger partial charge in [-0.3, -0.25) is 4.79 Å². The van der Waals surface area contributed by atoms with Gasteiger partial charge in [0.2, 0.25) is 0 Å². The van der Waals surface area contributed by atoms with E-state index in [9.17, 15) is 4.79 Å². The molecule has 0 aliphatic rings. The standard InChI is InChI=1S/C13H16O/c1-10(2)9-13(11(3)14)12-7-5-4-6-8-12/h4-9,13H,1-3H3. The Kier molecular flexibility index (Phi) is 3.63. The van der Waals surface area contributed by atoms with Gasteiger partial charge in [0.05, 0.1) is 5.92 Å². The highest BCUT2D eigenvalue weighted by Gasteiger charge is 2.12. The van der Waals surface area contributed by atoms with Gasteiger partial charge < -0.3 is 0 Å². The highest BCUT2D eigenvalue weighted by atomic mass is 16.1. The molecule has 1 unspecified atom stereocenters. The van der Waals surface area contributed by atoms with Gasteiger partial charge in [0, 0.05) is 0 Å². The van der Waals surface area contributed by atoms with Crippen molar-refractivity contribution in [3.63, 3.8) is 0 Å². The summed E-state index contributed by atoms with van der Waals surface area (Å²) in [5.74, 6) is 0.110. The molecule has 74 valence electrons. The minimum atomic E-state index is -0.0822. The molecular formula is C13H16O. The van der Waals surface area contributed by atoms with E-state index in [1.165, 1.54) is 5.57 Å². The Hall–Kier alpha value is -1.37. The van der Waals surface area contributed by atoms with Crippen molar-refractivity contribution in [2.75, 3.05) is 0 Å². The summed E-state index contributed by atoms with van der Waals surface area (Å²) < 4.78 is 0. The fraction of sp³-hybridized carbons (Fsp3) is 0.308. The molecule has 0 saturated carbocycles. The summed E-state index contributed by atoms with van der Waals surface area (Å²) in [6.07, 6.45) is 2.01. The maximum atomic E-state index is 11.4. The summed E-state index contributed by atoms with van der Waals surface area (Å²) in [6.45, 7) is 5.66. The van der Waals surface area contributed by atoms with Crippen molar-refractivity contribution in [1.82, 2.24) is 0 Å². The molecule has 0 bridgehead atoms. The van der Waals surface area contributed by atoms with Crippen LogP contribution in [0.2, 0.25) is 0 Å². The summed E-state index contributed by atoms with van der Waals surface area (Å²) in [4.78, 5) is 11.4. The molecule has 0 radical (unpaired) electrons. The van der Waals surface area contributed by atoms with Gasteiger partial charge in [0.25, 0.3) is 0 Å². The molecule has 1 rings (SSSR count). The molecule has 0 N–H and O–H groups in total. The number of rotatable bonds is 3. The SMILES string of the molecule is CC(=O)C(C=C(C)C)c1ccccc1. The molecule has 0 amide bonds. The summed E-state index contributed by atoms with van der Waals surface area (Å²) in [5, 5.41) is 0. The Labute approximate surface area is 85.5 Å². The third-order valence-electron chi connectivity index (χ3n) is 2.10. The predicted molar refractivity (Wildman–Crippen MR) is 59.3 cm³/mol. The van der Waals surface area contributed by atoms with Gasteiger partial charge in [-0.2, -0.15) is 0 Å². The average Bonchev–Trinajstić information content (AvgIpc) is 2.15. The molecule has 0 spiro atoms. The number of ketones is 1. The third-order valence-corrected chi connectivity index (χ3v) is 2.10. The molecule has 1 aromatic rings. The second kappa shape index (κ2) is 4.75. The fourth-order valence-electron chi connectivity index (χ4n) is 1.44. The van der Waals surface area contributed by atoms with Crippen LogP contribution in [-0.4, -0.2) is 5.78 Å². The molecule has 0 saturated heterocycles. The van der Waals surface area contributed by atoms with Crippen LogP contribution < -0.4 is 0 Å².